The zero-order valence-corrected chi connectivity index (χ0v) is 13.9. The molecule has 0 saturated carbocycles. The normalized spacial score (nSPS) is 11.4. The fourth-order valence-corrected chi connectivity index (χ4v) is 2.34. The lowest BCUT2D eigenvalue weighted by Gasteiger charge is -2.12. The van der Waals surface area contributed by atoms with Crippen molar-refractivity contribution in [1.29, 1.82) is 0 Å². The third-order valence-electron chi connectivity index (χ3n) is 3.40. The van der Waals surface area contributed by atoms with Gasteiger partial charge in [0.2, 0.25) is 5.91 Å². The van der Waals surface area contributed by atoms with E-state index in [-0.39, 0.29) is 11.9 Å². The molecule has 0 heterocycles. The number of hydrogen-bond donors (Lipinski definition) is 1. The maximum absolute atomic E-state index is 12.2. The first kappa shape index (κ1) is 16.8. The van der Waals surface area contributed by atoms with E-state index in [0.29, 0.717) is 6.42 Å². The summed E-state index contributed by atoms with van der Waals surface area (Å²) in [5, 5.41) is 2.95. The Morgan fingerprint density at radius 1 is 1.09 bits per heavy atom. The highest BCUT2D eigenvalue weighted by molar-refractivity contribution is 5.94. The fourth-order valence-electron chi connectivity index (χ4n) is 2.34. The van der Waals surface area contributed by atoms with Crippen molar-refractivity contribution in [3.8, 4) is 5.75 Å². The largest absolute Gasteiger partial charge is 0.497 e. The molecule has 0 aliphatic carbocycles. The second-order valence-electron chi connectivity index (χ2n) is 5.71. The van der Waals surface area contributed by atoms with Crippen LogP contribution in [0.5, 0.6) is 5.75 Å². The standard InChI is InChI=1S/C20H23NO2/c1-15(2)21-20(22)14-18(13-16-7-5-4-6-8-16)17-9-11-19(23-3)12-10-17/h4-13,15H,14H2,1-3H3,(H,21,22)/b18-13+. The highest BCUT2D eigenvalue weighted by Gasteiger charge is 2.10. The lowest BCUT2D eigenvalue weighted by atomic mass is 9.99. The molecule has 1 N–H and O–H groups in total. The lowest BCUT2D eigenvalue weighted by Crippen LogP contribution is -2.30. The quantitative estimate of drug-likeness (QED) is 0.814. The Kier molecular flexibility index (Phi) is 5.98. The topological polar surface area (TPSA) is 38.3 Å². The van der Waals surface area contributed by atoms with Gasteiger partial charge in [0.05, 0.1) is 13.5 Å². The first-order chi connectivity index (χ1) is 11.1. The van der Waals surface area contributed by atoms with Crippen LogP contribution < -0.4 is 10.1 Å². The number of carbonyl (C=O) groups excluding carboxylic acids is 1. The summed E-state index contributed by atoms with van der Waals surface area (Å²) in [5.41, 5.74) is 3.08. The zero-order chi connectivity index (χ0) is 16.7. The number of benzene rings is 2. The van der Waals surface area contributed by atoms with Gasteiger partial charge in [0.15, 0.2) is 0 Å². The monoisotopic (exact) mass is 309 g/mol. The summed E-state index contributed by atoms with van der Waals surface area (Å²) in [4.78, 5) is 12.2. The van der Waals surface area contributed by atoms with E-state index in [0.717, 1.165) is 22.4 Å². The summed E-state index contributed by atoms with van der Waals surface area (Å²) >= 11 is 0. The summed E-state index contributed by atoms with van der Waals surface area (Å²) in [5.74, 6) is 0.831. The van der Waals surface area contributed by atoms with Gasteiger partial charge in [0.1, 0.15) is 5.75 Å². The van der Waals surface area contributed by atoms with Crippen molar-refractivity contribution in [2.45, 2.75) is 26.3 Å². The van der Waals surface area contributed by atoms with E-state index in [4.69, 9.17) is 4.74 Å². The van der Waals surface area contributed by atoms with E-state index in [1.54, 1.807) is 7.11 Å². The molecule has 0 fully saturated rings. The number of methoxy groups -OCH3 is 1. The molecule has 0 aliphatic heterocycles. The van der Waals surface area contributed by atoms with Crippen LogP contribution in [0.4, 0.5) is 0 Å². The van der Waals surface area contributed by atoms with Gasteiger partial charge in [0.25, 0.3) is 0 Å². The van der Waals surface area contributed by atoms with Crippen LogP contribution >= 0.6 is 0 Å². The van der Waals surface area contributed by atoms with Crippen molar-refractivity contribution in [1.82, 2.24) is 5.32 Å². The van der Waals surface area contributed by atoms with Gasteiger partial charge in [-0.1, -0.05) is 48.5 Å². The van der Waals surface area contributed by atoms with Gasteiger partial charge < -0.3 is 10.1 Å². The van der Waals surface area contributed by atoms with E-state index in [2.05, 4.69) is 11.4 Å². The minimum Gasteiger partial charge on any atom is -0.497 e. The predicted octanol–water partition coefficient (Wildman–Crippen LogP) is 4.15. The molecule has 2 rings (SSSR count). The first-order valence-corrected chi connectivity index (χ1v) is 7.78. The summed E-state index contributed by atoms with van der Waals surface area (Å²) in [6.07, 6.45) is 2.40. The number of rotatable bonds is 6. The van der Waals surface area contributed by atoms with E-state index in [1.807, 2.05) is 68.4 Å². The van der Waals surface area contributed by atoms with Gasteiger partial charge in [-0.3, -0.25) is 4.79 Å². The van der Waals surface area contributed by atoms with E-state index in [9.17, 15) is 4.79 Å². The molecule has 23 heavy (non-hydrogen) atoms. The number of ether oxygens (including phenoxy) is 1. The van der Waals surface area contributed by atoms with E-state index >= 15 is 0 Å². The molecule has 3 nitrogen and oxygen atoms in total. The Labute approximate surface area is 138 Å². The maximum atomic E-state index is 12.2. The zero-order valence-electron chi connectivity index (χ0n) is 13.9. The number of amides is 1. The van der Waals surface area contributed by atoms with E-state index in [1.165, 1.54) is 0 Å². The van der Waals surface area contributed by atoms with Crippen molar-refractivity contribution >= 4 is 17.6 Å². The SMILES string of the molecule is COc1ccc(/C(=C/c2ccccc2)CC(=O)NC(C)C)cc1. The molecule has 2 aromatic carbocycles. The molecule has 3 heteroatoms. The minimum absolute atomic E-state index is 0.0259. The molecule has 120 valence electrons. The second kappa shape index (κ2) is 8.18. The molecule has 0 bridgehead atoms. The summed E-state index contributed by atoms with van der Waals surface area (Å²) in [6.45, 7) is 3.93. The average Bonchev–Trinajstić information content (AvgIpc) is 2.54. The van der Waals surface area contributed by atoms with Crippen LogP contribution in [0.2, 0.25) is 0 Å². The molecule has 0 aromatic heterocycles. The van der Waals surface area contributed by atoms with Crippen LogP contribution in [0.15, 0.2) is 54.6 Å². The number of carbonyl (C=O) groups is 1. The smallest absolute Gasteiger partial charge is 0.224 e. The van der Waals surface area contributed by atoms with Crippen molar-refractivity contribution in [2.75, 3.05) is 7.11 Å². The summed E-state index contributed by atoms with van der Waals surface area (Å²) in [7, 11) is 1.64. The van der Waals surface area contributed by atoms with Gasteiger partial charge in [-0.05, 0) is 42.7 Å². The molecule has 1 amide bonds. The van der Waals surface area contributed by atoms with Crippen LogP contribution in [-0.2, 0) is 4.79 Å². The van der Waals surface area contributed by atoms with Crippen molar-refractivity contribution in [3.63, 3.8) is 0 Å². The molecule has 0 spiro atoms. The molecule has 0 unspecified atom stereocenters. The van der Waals surface area contributed by atoms with Crippen molar-refractivity contribution in [3.05, 3.63) is 65.7 Å². The van der Waals surface area contributed by atoms with Crippen LogP contribution in [-0.4, -0.2) is 19.1 Å². The Balaban J connectivity index is 2.30. The van der Waals surface area contributed by atoms with Gasteiger partial charge in [0, 0.05) is 6.04 Å². The van der Waals surface area contributed by atoms with Gasteiger partial charge in [-0.2, -0.15) is 0 Å². The molecule has 0 atom stereocenters. The minimum atomic E-state index is 0.0259. The molecule has 2 aromatic rings. The first-order valence-electron chi connectivity index (χ1n) is 7.78. The summed E-state index contributed by atoms with van der Waals surface area (Å²) < 4.78 is 5.20. The Morgan fingerprint density at radius 3 is 2.30 bits per heavy atom. The average molecular weight is 309 g/mol. The Hall–Kier alpha value is -2.55. The number of nitrogens with one attached hydrogen (secondary N) is 1. The highest BCUT2D eigenvalue weighted by atomic mass is 16.5. The second-order valence-corrected chi connectivity index (χ2v) is 5.71. The molecule has 0 aliphatic rings. The van der Waals surface area contributed by atoms with Gasteiger partial charge >= 0.3 is 0 Å². The highest BCUT2D eigenvalue weighted by Crippen LogP contribution is 2.24. The van der Waals surface area contributed by atoms with Crippen molar-refractivity contribution < 1.29 is 9.53 Å². The summed E-state index contributed by atoms with van der Waals surface area (Å²) in [6, 6.07) is 18.0. The van der Waals surface area contributed by atoms with Crippen LogP contribution in [0.25, 0.3) is 11.6 Å². The van der Waals surface area contributed by atoms with Gasteiger partial charge in [-0.15, -0.1) is 0 Å². The molecule has 0 radical (unpaired) electrons. The molecular formula is C20H23NO2. The lowest BCUT2D eigenvalue weighted by molar-refractivity contribution is -0.120. The van der Waals surface area contributed by atoms with Crippen molar-refractivity contribution in [2.24, 2.45) is 0 Å². The van der Waals surface area contributed by atoms with Crippen LogP contribution in [0.1, 0.15) is 31.4 Å². The third kappa shape index (κ3) is 5.29. The molecular weight excluding hydrogens is 286 g/mol. The Bertz CT molecular complexity index is 658. The van der Waals surface area contributed by atoms with Crippen LogP contribution in [0.3, 0.4) is 0 Å². The maximum Gasteiger partial charge on any atom is 0.224 e. The number of hydrogen-bond acceptors (Lipinski definition) is 2. The van der Waals surface area contributed by atoms with Crippen LogP contribution in [0, 0.1) is 0 Å². The fraction of sp³-hybridized carbons (Fsp3) is 0.250. The van der Waals surface area contributed by atoms with Gasteiger partial charge in [-0.25, -0.2) is 0 Å². The predicted molar refractivity (Wildman–Crippen MR) is 95.2 cm³/mol. The van der Waals surface area contributed by atoms with E-state index < -0.39 is 0 Å². The third-order valence-corrected chi connectivity index (χ3v) is 3.40. The molecule has 0 saturated heterocycles. The Morgan fingerprint density at radius 2 is 1.74 bits per heavy atom.